The minimum atomic E-state index is -0.258. The summed E-state index contributed by atoms with van der Waals surface area (Å²) in [5.41, 5.74) is 6.47. The highest BCUT2D eigenvalue weighted by atomic mass is 16.1. The molecule has 2 aromatic rings. The molecule has 0 aliphatic heterocycles. The first-order valence-corrected chi connectivity index (χ1v) is 5.76. The lowest BCUT2D eigenvalue weighted by atomic mass is 10.3. The van der Waals surface area contributed by atoms with E-state index in [0.717, 1.165) is 0 Å². The maximum atomic E-state index is 11.3. The Hall–Kier alpha value is -2.64. The molecule has 0 bridgehead atoms. The number of carbonyl (C=O) groups excluding carboxylic acids is 1. The van der Waals surface area contributed by atoms with Crippen molar-refractivity contribution in [3.8, 4) is 0 Å². The molecule has 2 heterocycles. The molecule has 2 rings (SSSR count). The smallest absolute Gasteiger partial charge is 0.271 e. The zero-order valence-corrected chi connectivity index (χ0v) is 10.5. The molecule has 0 unspecified atom stereocenters. The number of carbonyl (C=O) groups is 1. The fourth-order valence-electron chi connectivity index (χ4n) is 1.48. The first kappa shape index (κ1) is 12.8. The van der Waals surface area contributed by atoms with Crippen LogP contribution in [0.15, 0.2) is 24.5 Å². The van der Waals surface area contributed by atoms with Crippen LogP contribution >= 0.6 is 0 Å². The number of anilines is 2. The second kappa shape index (κ2) is 5.80. The van der Waals surface area contributed by atoms with E-state index in [2.05, 4.69) is 25.9 Å². The Morgan fingerprint density at radius 1 is 1.42 bits per heavy atom. The molecule has 0 aromatic carbocycles. The van der Waals surface area contributed by atoms with Crippen LogP contribution in [0.25, 0.3) is 0 Å². The van der Waals surface area contributed by atoms with Gasteiger partial charge in [0.25, 0.3) is 5.91 Å². The van der Waals surface area contributed by atoms with Crippen LogP contribution in [0.3, 0.4) is 0 Å². The van der Waals surface area contributed by atoms with Gasteiger partial charge in [0.15, 0.2) is 5.69 Å². The molecule has 100 valence electrons. The van der Waals surface area contributed by atoms with Gasteiger partial charge < -0.3 is 16.4 Å². The number of nitrogens with two attached hydrogens (primary N) is 1. The Bertz CT molecular complexity index is 548. The number of aromatic nitrogens is 4. The zero-order chi connectivity index (χ0) is 13.7. The normalized spacial score (nSPS) is 10.2. The standard InChI is InChI=1S/C11H15N7O/c1-13-11(19)9-2-3-10(17-16-9)14-4-5-18-7-8(12)6-15-18/h2-3,6-7H,4-5,12H2,1H3,(H,13,19)(H,14,17). The fraction of sp³-hybridized carbons (Fsp3) is 0.273. The number of nitrogen functional groups attached to an aromatic ring is 1. The first-order valence-electron chi connectivity index (χ1n) is 5.76. The summed E-state index contributed by atoms with van der Waals surface area (Å²) in [6, 6.07) is 3.31. The molecular weight excluding hydrogens is 246 g/mol. The van der Waals surface area contributed by atoms with Gasteiger partial charge in [0.1, 0.15) is 5.82 Å². The second-order valence-corrected chi connectivity index (χ2v) is 3.85. The highest BCUT2D eigenvalue weighted by Gasteiger charge is 2.05. The number of hydrogen-bond acceptors (Lipinski definition) is 6. The van der Waals surface area contributed by atoms with Crippen molar-refractivity contribution in [2.45, 2.75) is 6.54 Å². The van der Waals surface area contributed by atoms with E-state index in [9.17, 15) is 4.79 Å². The van der Waals surface area contributed by atoms with Gasteiger partial charge in [-0.05, 0) is 12.1 Å². The molecule has 0 saturated carbocycles. The Morgan fingerprint density at radius 3 is 2.84 bits per heavy atom. The lowest BCUT2D eigenvalue weighted by molar-refractivity contribution is 0.0957. The number of amides is 1. The van der Waals surface area contributed by atoms with Gasteiger partial charge in [-0.15, -0.1) is 10.2 Å². The van der Waals surface area contributed by atoms with E-state index in [1.54, 1.807) is 36.3 Å². The molecule has 2 aromatic heterocycles. The first-order chi connectivity index (χ1) is 9.19. The minimum absolute atomic E-state index is 0.258. The molecule has 19 heavy (non-hydrogen) atoms. The van der Waals surface area contributed by atoms with E-state index in [-0.39, 0.29) is 11.6 Å². The van der Waals surface area contributed by atoms with Gasteiger partial charge in [-0.1, -0.05) is 0 Å². The van der Waals surface area contributed by atoms with E-state index in [1.807, 2.05) is 0 Å². The molecule has 0 fully saturated rings. The molecule has 4 N–H and O–H groups in total. The summed E-state index contributed by atoms with van der Waals surface area (Å²) in [5, 5.41) is 17.3. The molecule has 0 aliphatic carbocycles. The summed E-state index contributed by atoms with van der Waals surface area (Å²) in [7, 11) is 1.55. The third-order valence-electron chi connectivity index (χ3n) is 2.42. The Balaban J connectivity index is 1.84. The van der Waals surface area contributed by atoms with Crippen molar-refractivity contribution < 1.29 is 4.79 Å². The van der Waals surface area contributed by atoms with Crippen molar-refractivity contribution in [1.82, 2.24) is 25.3 Å². The third kappa shape index (κ3) is 3.41. The molecule has 0 spiro atoms. The van der Waals surface area contributed by atoms with Gasteiger partial charge in [-0.3, -0.25) is 9.48 Å². The topological polar surface area (TPSA) is 111 Å². The minimum Gasteiger partial charge on any atom is -0.396 e. The van der Waals surface area contributed by atoms with Gasteiger partial charge >= 0.3 is 0 Å². The van der Waals surface area contributed by atoms with Crippen molar-refractivity contribution in [3.63, 3.8) is 0 Å². The molecule has 0 aliphatic rings. The van der Waals surface area contributed by atoms with Crippen molar-refractivity contribution >= 4 is 17.4 Å². The van der Waals surface area contributed by atoms with Gasteiger partial charge in [-0.2, -0.15) is 5.10 Å². The highest BCUT2D eigenvalue weighted by Crippen LogP contribution is 2.02. The van der Waals surface area contributed by atoms with Gasteiger partial charge in [0.05, 0.1) is 18.4 Å². The van der Waals surface area contributed by atoms with E-state index in [1.165, 1.54) is 0 Å². The fourth-order valence-corrected chi connectivity index (χ4v) is 1.48. The molecule has 0 atom stereocenters. The molecule has 0 saturated heterocycles. The summed E-state index contributed by atoms with van der Waals surface area (Å²) in [4.78, 5) is 11.3. The monoisotopic (exact) mass is 261 g/mol. The summed E-state index contributed by atoms with van der Waals surface area (Å²) >= 11 is 0. The van der Waals surface area contributed by atoms with Crippen LogP contribution < -0.4 is 16.4 Å². The molecule has 0 radical (unpaired) electrons. The van der Waals surface area contributed by atoms with Crippen molar-refractivity contribution in [2.75, 3.05) is 24.6 Å². The Labute approximate surface area is 110 Å². The maximum absolute atomic E-state index is 11.3. The predicted octanol–water partition coefficient (Wildman–Crippen LogP) is -0.273. The van der Waals surface area contributed by atoms with Crippen LogP contribution in [-0.4, -0.2) is 39.5 Å². The molecular formula is C11H15N7O. The van der Waals surface area contributed by atoms with Crippen LogP contribution in [0, 0.1) is 0 Å². The lowest BCUT2D eigenvalue weighted by Gasteiger charge is -2.05. The Morgan fingerprint density at radius 2 is 2.26 bits per heavy atom. The van der Waals surface area contributed by atoms with E-state index >= 15 is 0 Å². The second-order valence-electron chi connectivity index (χ2n) is 3.85. The number of nitrogens with one attached hydrogen (secondary N) is 2. The SMILES string of the molecule is CNC(=O)c1ccc(NCCn2cc(N)cn2)nn1. The van der Waals surface area contributed by atoms with E-state index < -0.39 is 0 Å². The summed E-state index contributed by atoms with van der Waals surface area (Å²) in [6.45, 7) is 1.30. The van der Waals surface area contributed by atoms with E-state index in [4.69, 9.17) is 5.73 Å². The number of rotatable bonds is 5. The van der Waals surface area contributed by atoms with Crippen molar-refractivity contribution in [2.24, 2.45) is 0 Å². The number of nitrogens with zero attached hydrogens (tertiary/aromatic N) is 4. The molecule has 1 amide bonds. The predicted molar refractivity (Wildman–Crippen MR) is 70.6 cm³/mol. The largest absolute Gasteiger partial charge is 0.396 e. The van der Waals surface area contributed by atoms with Crippen LogP contribution in [0.5, 0.6) is 0 Å². The Kier molecular flexibility index (Phi) is 3.91. The third-order valence-corrected chi connectivity index (χ3v) is 2.42. The highest BCUT2D eigenvalue weighted by molar-refractivity contribution is 5.91. The lowest BCUT2D eigenvalue weighted by Crippen LogP contribution is -2.20. The van der Waals surface area contributed by atoms with Crippen molar-refractivity contribution in [1.29, 1.82) is 0 Å². The van der Waals surface area contributed by atoms with Crippen LogP contribution in [0.1, 0.15) is 10.5 Å². The van der Waals surface area contributed by atoms with Gasteiger partial charge in [0, 0.05) is 19.8 Å². The summed E-state index contributed by atoms with van der Waals surface area (Å²) in [6.07, 6.45) is 3.35. The van der Waals surface area contributed by atoms with Gasteiger partial charge in [0.2, 0.25) is 0 Å². The zero-order valence-electron chi connectivity index (χ0n) is 10.5. The molecule has 8 heteroatoms. The molecule has 8 nitrogen and oxygen atoms in total. The average molecular weight is 261 g/mol. The quantitative estimate of drug-likeness (QED) is 0.683. The van der Waals surface area contributed by atoms with Crippen LogP contribution in [-0.2, 0) is 6.54 Å². The average Bonchev–Trinajstić information content (AvgIpc) is 2.84. The number of hydrogen-bond donors (Lipinski definition) is 3. The van der Waals surface area contributed by atoms with E-state index in [0.29, 0.717) is 24.6 Å². The maximum Gasteiger partial charge on any atom is 0.271 e. The van der Waals surface area contributed by atoms with Crippen molar-refractivity contribution in [3.05, 3.63) is 30.2 Å². The summed E-state index contributed by atoms with van der Waals surface area (Å²) in [5.74, 6) is 0.346. The van der Waals surface area contributed by atoms with Gasteiger partial charge in [-0.25, -0.2) is 0 Å². The summed E-state index contributed by atoms with van der Waals surface area (Å²) < 4.78 is 1.73. The van der Waals surface area contributed by atoms with Crippen LogP contribution in [0.4, 0.5) is 11.5 Å². The van der Waals surface area contributed by atoms with Crippen LogP contribution in [0.2, 0.25) is 0 Å².